The summed E-state index contributed by atoms with van der Waals surface area (Å²) in [5.74, 6) is -0.247. The van der Waals surface area contributed by atoms with Gasteiger partial charge in [0.05, 0.1) is 29.1 Å². The van der Waals surface area contributed by atoms with Crippen LogP contribution in [0.4, 0.5) is 0 Å². The third kappa shape index (κ3) is 2.51. The van der Waals surface area contributed by atoms with Gasteiger partial charge in [0, 0.05) is 12.3 Å². The van der Waals surface area contributed by atoms with Crippen LogP contribution in [0.1, 0.15) is 42.0 Å². The molecule has 6 nitrogen and oxygen atoms in total. The lowest BCUT2D eigenvalue weighted by molar-refractivity contribution is 0.0845. The molecule has 0 radical (unpaired) electrons. The van der Waals surface area contributed by atoms with Crippen LogP contribution >= 0.6 is 0 Å². The Morgan fingerprint density at radius 2 is 2.20 bits per heavy atom. The molecule has 2 aromatic heterocycles. The number of aryl methyl sites for hydroxylation is 2. The van der Waals surface area contributed by atoms with Crippen LogP contribution in [0.2, 0.25) is 0 Å². The second-order valence-electron chi connectivity index (χ2n) is 5.34. The van der Waals surface area contributed by atoms with Crippen molar-refractivity contribution in [2.75, 3.05) is 6.61 Å². The normalized spacial score (nSPS) is 14.2. The maximum absolute atomic E-state index is 12.3. The lowest BCUT2D eigenvalue weighted by Crippen LogP contribution is -2.48. The predicted molar refractivity (Wildman–Crippen MR) is 75.7 cm³/mol. The Bertz CT molecular complexity index is 644. The summed E-state index contributed by atoms with van der Waals surface area (Å²) in [5.41, 5.74) is 2.15. The monoisotopic (exact) mass is 276 g/mol. The molecule has 2 rings (SSSR count). The second-order valence-corrected chi connectivity index (χ2v) is 5.34. The lowest BCUT2D eigenvalue weighted by Gasteiger charge is -2.27. The van der Waals surface area contributed by atoms with Crippen LogP contribution in [0, 0.1) is 13.8 Å². The number of hydrogen-bond donors (Lipinski definition) is 2. The summed E-state index contributed by atoms with van der Waals surface area (Å²) >= 11 is 0. The Hall–Kier alpha value is -1.95. The van der Waals surface area contributed by atoms with E-state index in [0.717, 1.165) is 17.0 Å². The van der Waals surface area contributed by atoms with E-state index in [1.807, 2.05) is 33.8 Å². The van der Waals surface area contributed by atoms with Crippen molar-refractivity contribution in [3.8, 4) is 0 Å². The van der Waals surface area contributed by atoms with Gasteiger partial charge in [-0.15, -0.1) is 0 Å². The Labute approximate surface area is 117 Å². The van der Waals surface area contributed by atoms with Crippen molar-refractivity contribution >= 4 is 11.6 Å². The molecule has 108 valence electrons. The number of carbonyl (C=O) groups is 1. The Morgan fingerprint density at radius 3 is 2.80 bits per heavy atom. The smallest absolute Gasteiger partial charge is 0.255 e. The molecule has 1 atom stereocenters. The van der Waals surface area contributed by atoms with Crippen LogP contribution in [-0.4, -0.2) is 37.8 Å². The van der Waals surface area contributed by atoms with E-state index >= 15 is 0 Å². The lowest BCUT2D eigenvalue weighted by atomic mass is 9.99. The van der Waals surface area contributed by atoms with E-state index in [2.05, 4.69) is 15.4 Å². The van der Waals surface area contributed by atoms with Gasteiger partial charge in [-0.25, -0.2) is 9.50 Å². The zero-order valence-corrected chi connectivity index (χ0v) is 12.3. The number of carbonyl (C=O) groups excluding carboxylic acids is 1. The molecule has 0 aliphatic carbocycles. The van der Waals surface area contributed by atoms with Crippen molar-refractivity contribution in [2.24, 2.45) is 0 Å². The minimum atomic E-state index is -0.626. The molecule has 2 heterocycles. The highest BCUT2D eigenvalue weighted by molar-refractivity contribution is 5.95. The Morgan fingerprint density at radius 1 is 1.50 bits per heavy atom. The Kier molecular flexibility index (Phi) is 3.76. The van der Waals surface area contributed by atoms with E-state index in [1.54, 1.807) is 10.7 Å². The van der Waals surface area contributed by atoms with Gasteiger partial charge in [0.25, 0.3) is 5.91 Å². The maximum atomic E-state index is 12.3. The van der Waals surface area contributed by atoms with Gasteiger partial charge in [0.2, 0.25) is 0 Å². The molecule has 0 spiro atoms. The van der Waals surface area contributed by atoms with Crippen LogP contribution in [0.25, 0.3) is 5.65 Å². The van der Waals surface area contributed by atoms with Gasteiger partial charge < -0.3 is 10.4 Å². The molecule has 0 bridgehead atoms. The summed E-state index contributed by atoms with van der Waals surface area (Å²) in [6, 6.07) is 1.86. The molecule has 2 N–H and O–H groups in total. The molecule has 1 amide bonds. The fraction of sp³-hybridized carbons (Fsp3) is 0.500. The molecule has 0 aromatic carbocycles. The number of nitrogens with one attached hydrogen (secondary N) is 1. The fourth-order valence-electron chi connectivity index (χ4n) is 1.97. The first-order chi connectivity index (χ1) is 9.40. The molecule has 0 aliphatic heterocycles. The first kappa shape index (κ1) is 14.5. The van der Waals surface area contributed by atoms with Crippen molar-refractivity contribution in [2.45, 2.75) is 39.7 Å². The summed E-state index contributed by atoms with van der Waals surface area (Å²) in [6.45, 7) is 7.34. The van der Waals surface area contributed by atoms with Gasteiger partial charge in [-0.05, 0) is 27.2 Å². The zero-order valence-electron chi connectivity index (χ0n) is 12.3. The van der Waals surface area contributed by atoms with Gasteiger partial charge in [-0.2, -0.15) is 5.10 Å². The summed E-state index contributed by atoms with van der Waals surface area (Å²) in [7, 11) is 0. The average Bonchev–Trinajstić information content (AvgIpc) is 2.80. The number of hydrogen-bond acceptors (Lipinski definition) is 4. The van der Waals surface area contributed by atoms with Crippen LogP contribution < -0.4 is 5.32 Å². The summed E-state index contributed by atoms with van der Waals surface area (Å²) in [5, 5.41) is 16.5. The van der Waals surface area contributed by atoms with Crippen LogP contribution in [0.15, 0.2) is 12.3 Å². The van der Waals surface area contributed by atoms with Crippen molar-refractivity contribution in [3.05, 3.63) is 29.2 Å². The molecule has 0 saturated heterocycles. The maximum Gasteiger partial charge on any atom is 0.255 e. The number of amides is 1. The first-order valence-electron chi connectivity index (χ1n) is 6.65. The standard InChI is InChI=1S/C14H20N4O2/c1-5-14(4,8-19)16-13(20)11-7-15-12-6-9(2)17-18(12)10(11)3/h6-7,19H,5,8H2,1-4H3,(H,16,20). The fourth-order valence-corrected chi connectivity index (χ4v) is 1.97. The van der Waals surface area contributed by atoms with Gasteiger partial charge in [0.1, 0.15) is 0 Å². The highest BCUT2D eigenvalue weighted by atomic mass is 16.3. The molecule has 6 heteroatoms. The first-order valence-corrected chi connectivity index (χ1v) is 6.65. The van der Waals surface area contributed by atoms with Gasteiger partial charge >= 0.3 is 0 Å². The zero-order chi connectivity index (χ0) is 14.9. The van der Waals surface area contributed by atoms with E-state index in [9.17, 15) is 9.90 Å². The summed E-state index contributed by atoms with van der Waals surface area (Å²) < 4.78 is 1.66. The minimum Gasteiger partial charge on any atom is -0.394 e. The number of fused-ring (bicyclic) bond motifs is 1. The number of aliphatic hydroxyl groups is 1. The molecule has 2 aromatic rings. The molecular weight excluding hydrogens is 256 g/mol. The molecule has 0 fully saturated rings. The molecule has 0 aliphatic rings. The number of rotatable bonds is 4. The van der Waals surface area contributed by atoms with Crippen molar-refractivity contribution < 1.29 is 9.90 Å². The van der Waals surface area contributed by atoms with E-state index in [-0.39, 0.29) is 12.5 Å². The van der Waals surface area contributed by atoms with E-state index in [1.165, 1.54) is 0 Å². The van der Waals surface area contributed by atoms with Crippen molar-refractivity contribution in [1.82, 2.24) is 19.9 Å². The summed E-state index contributed by atoms with van der Waals surface area (Å²) in [4.78, 5) is 16.6. The van der Waals surface area contributed by atoms with Crippen LogP contribution in [-0.2, 0) is 0 Å². The van der Waals surface area contributed by atoms with Crippen LogP contribution in [0.3, 0.4) is 0 Å². The summed E-state index contributed by atoms with van der Waals surface area (Å²) in [6.07, 6.45) is 2.19. The highest BCUT2D eigenvalue weighted by Crippen LogP contribution is 2.14. The third-order valence-electron chi connectivity index (χ3n) is 3.64. The van der Waals surface area contributed by atoms with Crippen LogP contribution in [0.5, 0.6) is 0 Å². The van der Waals surface area contributed by atoms with Gasteiger partial charge in [0.15, 0.2) is 5.65 Å². The largest absolute Gasteiger partial charge is 0.394 e. The number of aromatic nitrogens is 3. The SMILES string of the molecule is CCC(C)(CO)NC(=O)c1cnc2cc(C)nn2c1C. The predicted octanol–water partition coefficient (Wildman–Crippen LogP) is 1.24. The molecule has 20 heavy (non-hydrogen) atoms. The average molecular weight is 276 g/mol. The van der Waals surface area contributed by atoms with E-state index in [4.69, 9.17) is 0 Å². The van der Waals surface area contributed by atoms with Gasteiger partial charge in [-0.3, -0.25) is 4.79 Å². The van der Waals surface area contributed by atoms with Gasteiger partial charge in [-0.1, -0.05) is 6.92 Å². The number of nitrogens with zero attached hydrogens (tertiary/aromatic N) is 3. The second kappa shape index (κ2) is 5.20. The van der Waals surface area contributed by atoms with Crippen molar-refractivity contribution in [1.29, 1.82) is 0 Å². The molecule has 0 saturated carbocycles. The highest BCUT2D eigenvalue weighted by Gasteiger charge is 2.25. The number of aliphatic hydroxyl groups excluding tert-OH is 1. The third-order valence-corrected chi connectivity index (χ3v) is 3.64. The Balaban J connectivity index is 2.37. The molecular formula is C14H20N4O2. The quantitative estimate of drug-likeness (QED) is 0.880. The van der Waals surface area contributed by atoms with E-state index in [0.29, 0.717) is 12.0 Å². The topological polar surface area (TPSA) is 79.5 Å². The minimum absolute atomic E-state index is 0.106. The molecule has 1 unspecified atom stereocenters. The van der Waals surface area contributed by atoms with E-state index < -0.39 is 5.54 Å². The van der Waals surface area contributed by atoms with Crippen molar-refractivity contribution in [3.63, 3.8) is 0 Å².